The van der Waals surface area contributed by atoms with Gasteiger partial charge in [0, 0.05) is 13.2 Å². The van der Waals surface area contributed by atoms with E-state index in [0.717, 1.165) is 18.2 Å². The normalized spacial score (nSPS) is 13.7. The van der Waals surface area contributed by atoms with Crippen LogP contribution in [-0.2, 0) is 4.43 Å². The average Bonchev–Trinajstić information content (AvgIpc) is 2.49. The van der Waals surface area contributed by atoms with Crippen molar-refractivity contribution in [1.82, 2.24) is 0 Å². The van der Waals surface area contributed by atoms with Gasteiger partial charge in [-0.25, -0.2) is 0 Å². The second-order valence-corrected chi connectivity index (χ2v) is 22.0. The number of hydrogen-bond donors (Lipinski definition) is 1. The van der Waals surface area contributed by atoms with Crippen LogP contribution in [0.4, 0.5) is 0 Å². The van der Waals surface area contributed by atoms with E-state index in [1.54, 1.807) is 6.07 Å². The van der Waals surface area contributed by atoms with Crippen molar-refractivity contribution in [2.75, 3.05) is 13.7 Å². The molecule has 0 saturated heterocycles. The quantitative estimate of drug-likeness (QED) is 0.334. The predicted octanol–water partition coefficient (Wildman–Crippen LogP) is 4.06. The van der Waals surface area contributed by atoms with Crippen LogP contribution in [0.25, 0.3) is 0 Å². The number of phenols is 1. The molecule has 0 bridgehead atoms. The lowest BCUT2D eigenvalue weighted by atomic mass is 10.2. The molecule has 0 aliphatic heterocycles. The Morgan fingerprint density at radius 1 is 0.900 bits per heavy atom. The molecule has 0 aliphatic carbocycles. The Labute approximate surface area is 198 Å². The topological polar surface area (TPSA) is 38.7 Å². The zero-order valence-electron chi connectivity index (χ0n) is 21.4. The van der Waals surface area contributed by atoms with E-state index in [4.69, 9.17) is 9.16 Å². The van der Waals surface area contributed by atoms with Gasteiger partial charge in [-0.3, -0.25) is 0 Å². The third-order valence-electron chi connectivity index (χ3n) is 6.06. The summed E-state index contributed by atoms with van der Waals surface area (Å²) in [4.78, 5) is 0. The molecule has 0 atom stereocenters. The van der Waals surface area contributed by atoms with Crippen LogP contribution < -0.4 is 27.0 Å². The molecule has 0 aromatic heterocycles. The molecule has 0 unspecified atom stereocenters. The number of hydrogen-bond acceptors (Lipinski definition) is 3. The first-order valence-electron chi connectivity index (χ1n) is 10.8. The number of rotatable bonds is 7. The molecule has 0 heterocycles. The van der Waals surface area contributed by atoms with Crippen molar-refractivity contribution in [2.24, 2.45) is 0 Å². The second-order valence-electron chi connectivity index (χ2n) is 11.8. The Morgan fingerprint density at radius 3 is 1.77 bits per heavy atom. The van der Waals surface area contributed by atoms with E-state index in [2.05, 4.69) is 75.4 Å². The molecule has 0 fully saturated rings. The SMILES string of the molecule is CO[Si](C)(C)CCCOc1ccc(O)cc1[P+](C(C)(C)C)(C(C)(C)C)C(C)(C)C.[Br-]. The summed E-state index contributed by atoms with van der Waals surface area (Å²) in [6.45, 7) is 26.4. The van der Waals surface area contributed by atoms with Crippen molar-refractivity contribution in [3.63, 3.8) is 0 Å². The van der Waals surface area contributed by atoms with Crippen LogP contribution in [0.5, 0.6) is 11.5 Å². The van der Waals surface area contributed by atoms with E-state index in [0.29, 0.717) is 12.4 Å². The minimum Gasteiger partial charge on any atom is -1.00 e. The van der Waals surface area contributed by atoms with Crippen LogP contribution in [0.2, 0.25) is 19.1 Å². The van der Waals surface area contributed by atoms with E-state index >= 15 is 0 Å². The smallest absolute Gasteiger partial charge is 0.186 e. The minimum absolute atomic E-state index is 0. The molecule has 30 heavy (non-hydrogen) atoms. The van der Waals surface area contributed by atoms with Crippen LogP contribution in [0, 0.1) is 0 Å². The molecule has 1 aromatic rings. The molecule has 0 spiro atoms. The van der Waals surface area contributed by atoms with Crippen molar-refractivity contribution in [1.29, 1.82) is 0 Å². The Hall–Kier alpha value is -0.0931. The van der Waals surface area contributed by atoms with Gasteiger partial charge < -0.3 is 31.3 Å². The maximum atomic E-state index is 10.5. The van der Waals surface area contributed by atoms with Crippen LogP contribution in [0.15, 0.2) is 18.2 Å². The van der Waals surface area contributed by atoms with Gasteiger partial charge in [0.2, 0.25) is 0 Å². The van der Waals surface area contributed by atoms with Crippen molar-refractivity contribution < 1.29 is 31.3 Å². The molecule has 3 nitrogen and oxygen atoms in total. The minimum atomic E-state index is -1.85. The molecular weight excluding hydrogens is 475 g/mol. The summed E-state index contributed by atoms with van der Waals surface area (Å²) in [7, 11) is -1.61. The van der Waals surface area contributed by atoms with Crippen molar-refractivity contribution in [2.45, 2.75) is 103 Å². The van der Waals surface area contributed by atoms with E-state index < -0.39 is 15.6 Å². The van der Waals surface area contributed by atoms with Gasteiger partial charge in [-0.2, -0.15) is 0 Å². The van der Waals surface area contributed by atoms with E-state index in [9.17, 15) is 5.11 Å². The van der Waals surface area contributed by atoms with Crippen LogP contribution in [0.1, 0.15) is 68.7 Å². The molecule has 176 valence electrons. The zero-order chi connectivity index (χ0) is 22.9. The van der Waals surface area contributed by atoms with E-state index in [-0.39, 0.29) is 32.4 Å². The van der Waals surface area contributed by atoms with Crippen molar-refractivity contribution >= 4 is 20.9 Å². The summed E-state index contributed by atoms with van der Waals surface area (Å²) in [6, 6.07) is 6.80. The lowest BCUT2D eigenvalue weighted by Crippen LogP contribution is -3.00. The molecule has 6 heteroatoms. The number of halogens is 1. The summed E-state index contributed by atoms with van der Waals surface area (Å²) in [5.74, 6) is 1.26. The number of ether oxygens (including phenoxy) is 1. The lowest BCUT2D eigenvalue weighted by molar-refractivity contribution is -0.00000954. The lowest BCUT2D eigenvalue weighted by Gasteiger charge is -2.54. The highest BCUT2D eigenvalue weighted by Crippen LogP contribution is 2.83. The highest BCUT2D eigenvalue weighted by Gasteiger charge is 2.67. The summed E-state index contributed by atoms with van der Waals surface area (Å²) in [6.07, 6.45) is 0.985. The molecule has 1 N–H and O–H groups in total. The summed E-state index contributed by atoms with van der Waals surface area (Å²) in [5.41, 5.74) is 0. The van der Waals surface area contributed by atoms with Crippen LogP contribution in [-0.4, -0.2) is 42.6 Å². The Kier molecular flexibility index (Phi) is 10.2. The summed E-state index contributed by atoms with van der Waals surface area (Å²) < 4.78 is 12.1. The van der Waals surface area contributed by atoms with Gasteiger partial charge in [-0.15, -0.1) is 0 Å². The first-order valence-corrected chi connectivity index (χ1v) is 15.7. The van der Waals surface area contributed by atoms with Gasteiger partial charge in [0.05, 0.1) is 29.3 Å². The summed E-state index contributed by atoms with van der Waals surface area (Å²) >= 11 is 0. The molecule has 0 saturated carbocycles. The van der Waals surface area contributed by atoms with Crippen LogP contribution in [0.3, 0.4) is 0 Å². The van der Waals surface area contributed by atoms with E-state index in [1.165, 1.54) is 5.30 Å². The summed E-state index contributed by atoms with van der Waals surface area (Å²) in [5, 5.41) is 11.8. The molecule has 0 aliphatic rings. The largest absolute Gasteiger partial charge is 1.00 e. The first kappa shape index (κ1) is 29.9. The van der Waals surface area contributed by atoms with Crippen molar-refractivity contribution in [3.8, 4) is 11.5 Å². The number of benzene rings is 1. The third kappa shape index (κ3) is 6.24. The van der Waals surface area contributed by atoms with Gasteiger partial charge in [0.1, 0.15) is 11.1 Å². The molecule has 1 aromatic carbocycles. The molecule has 1 rings (SSSR count). The Balaban J connectivity index is 0.00000841. The standard InChI is InChI=1S/C24H45O3PSi.BrH/c1-22(2,3)28(23(4,5)6,24(7,8)9)21-18-19(25)14-15-20(21)27-16-13-17-29(11,12)26-10;/h14-15,18H,13,16-17H2,1-12H3;1H. The fourth-order valence-corrected chi connectivity index (χ4v) is 16.0. The molecular formula is C24H46BrO3PSi. The molecule has 0 radical (unpaired) electrons. The van der Waals surface area contributed by atoms with Gasteiger partial charge in [0.25, 0.3) is 0 Å². The third-order valence-corrected chi connectivity index (χ3v) is 15.8. The highest BCUT2D eigenvalue weighted by atomic mass is 79.9. The number of phenolic OH excluding ortho intramolecular Hbond substituents is 1. The zero-order valence-corrected chi connectivity index (χ0v) is 24.9. The maximum absolute atomic E-state index is 10.5. The monoisotopic (exact) mass is 520 g/mol. The highest BCUT2D eigenvalue weighted by molar-refractivity contribution is 7.87. The molecule has 0 amide bonds. The Morgan fingerprint density at radius 2 is 1.37 bits per heavy atom. The first-order chi connectivity index (χ1) is 12.9. The predicted molar refractivity (Wildman–Crippen MR) is 133 cm³/mol. The van der Waals surface area contributed by atoms with Crippen LogP contribution >= 0.6 is 7.26 Å². The van der Waals surface area contributed by atoms with Gasteiger partial charge in [-0.1, -0.05) is 0 Å². The average molecular weight is 522 g/mol. The van der Waals surface area contributed by atoms with Crippen molar-refractivity contribution in [3.05, 3.63) is 18.2 Å². The second kappa shape index (κ2) is 10.2. The Bertz CT molecular complexity index is 649. The fraction of sp³-hybridized carbons (Fsp3) is 0.750. The van der Waals surface area contributed by atoms with Gasteiger partial charge in [0.15, 0.2) is 14.1 Å². The van der Waals surface area contributed by atoms with Gasteiger partial charge in [-0.05, 0) is 100 Å². The fourth-order valence-electron chi connectivity index (χ4n) is 5.77. The van der Waals surface area contributed by atoms with Gasteiger partial charge >= 0.3 is 0 Å². The van der Waals surface area contributed by atoms with E-state index in [1.807, 2.05) is 19.2 Å². The number of aromatic hydroxyl groups is 1. The maximum Gasteiger partial charge on any atom is 0.186 e.